The highest BCUT2D eigenvalue weighted by Crippen LogP contribution is 2.25. The fourth-order valence-corrected chi connectivity index (χ4v) is 2.35. The molecule has 6 nitrogen and oxygen atoms in total. The van der Waals surface area contributed by atoms with Crippen molar-refractivity contribution in [1.82, 2.24) is 15.2 Å². The highest BCUT2D eigenvalue weighted by atomic mass is 32.2. The maximum absolute atomic E-state index is 12.0. The summed E-state index contributed by atoms with van der Waals surface area (Å²) in [4.78, 5) is 16.2. The quantitative estimate of drug-likeness (QED) is 0.801. The summed E-state index contributed by atoms with van der Waals surface area (Å²) in [5, 5.41) is 10.3. The van der Waals surface area contributed by atoms with Gasteiger partial charge in [-0.2, -0.15) is 0 Å². The van der Waals surface area contributed by atoms with Crippen LogP contribution in [0.15, 0.2) is 23.4 Å². The number of benzene rings is 1. The molecule has 1 aromatic carbocycles. The van der Waals surface area contributed by atoms with Crippen molar-refractivity contribution >= 4 is 23.4 Å². The lowest BCUT2D eigenvalue weighted by Crippen LogP contribution is -2.15. The molecular weight excluding hydrogens is 288 g/mol. The Balaban J connectivity index is 1.94. The minimum absolute atomic E-state index is 0.119. The number of aromatic nitrogens is 3. The van der Waals surface area contributed by atoms with Crippen molar-refractivity contribution in [3.8, 4) is 5.75 Å². The lowest BCUT2D eigenvalue weighted by Gasteiger charge is -2.10. The molecule has 0 unspecified atom stereocenters. The predicted octanol–water partition coefficient (Wildman–Crippen LogP) is 2.41. The molecule has 1 amide bonds. The van der Waals surface area contributed by atoms with Crippen molar-refractivity contribution in [2.45, 2.75) is 25.4 Å². The van der Waals surface area contributed by atoms with Crippen molar-refractivity contribution in [2.24, 2.45) is 0 Å². The van der Waals surface area contributed by atoms with Gasteiger partial charge in [-0.25, -0.2) is 4.98 Å². The minimum atomic E-state index is -0.119. The second-order valence-corrected chi connectivity index (χ2v) is 5.40. The van der Waals surface area contributed by atoms with E-state index in [0.29, 0.717) is 16.6 Å². The van der Waals surface area contributed by atoms with Crippen molar-refractivity contribution in [3.63, 3.8) is 0 Å². The van der Waals surface area contributed by atoms with E-state index >= 15 is 0 Å². The number of aryl methyl sites for hydroxylation is 2. The van der Waals surface area contributed by atoms with Gasteiger partial charge in [-0.1, -0.05) is 24.8 Å². The second kappa shape index (κ2) is 7.12. The van der Waals surface area contributed by atoms with E-state index in [0.717, 1.165) is 17.8 Å². The van der Waals surface area contributed by atoms with E-state index in [2.05, 4.69) is 20.5 Å². The summed E-state index contributed by atoms with van der Waals surface area (Å²) in [7, 11) is 1.58. The third kappa shape index (κ3) is 4.22. The number of ether oxygens (including phenoxy) is 1. The number of anilines is 1. The zero-order valence-corrected chi connectivity index (χ0v) is 13.1. The molecule has 1 heterocycles. The normalized spacial score (nSPS) is 10.4. The number of H-pyrrole nitrogens is 1. The number of methoxy groups -OCH3 is 1. The van der Waals surface area contributed by atoms with Gasteiger partial charge in [0.2, 0.25) is 11.1 Å². The first-order chi connectivity index (χ1) is 10.1. The number of carbonyl (C=O) groups excluding carboxylic acids is 1. The highest BCUT2D eigenvalue weighted by molar-refractivity contribution is 7.99. The molecule has 0 bridgehead atoms. The first-order valence-corrected chi connectivity index (χ1v) is 7.59. The molecule has 0 saturated heterocycles. The van der Waals surface area contributed by atoms with Crippen LogP contribution < -0.4 is 10.1 Å². The van der Waals surface area contributed by atoms with Gasteiger partial charge in [-0.3, -0.25) is 9.89 Å². The molecule has 0 aliphatic rings. The summed E-state index contributed by atoms with van der Waals surface area (Å²) in [6.45, 7) is 3.95. The van der Waals surface area contributed by atoms with Crippen molar-refractivity contribution < 1.29 is 9.53 Å². The largest absolute Gasteiger partial charge is 0.495 e. The molecule has 0 radical (unpaired) electrons. The first-order valence-electron chi connectivity index (χ1n) is 6.61. The number of amides is 1. The van der Waals surface area contributed by atoms with Crippen LogP contribution in [0.2, 0.25) is 0 Å². The second-order valence-electron chi connectivity index (χ2n) is 4.46. The summed E-state index contributed by atoms with van der Waals surface area (Å²) in [5.74, 6) is 1.59. The fourth-order valence-electron chi connectivity index (χ4n) is 1.74. The Morgan fingerprint density at radius 1 is 1.48 bits per heavy atom. The molecule has 0 spiro atoms. The van der Waals surface area contributed by atoms with E-state index in [9.17, 15) is 4.79 Å². The molecule has 0 saturated carbocycles. The van der Waals surface area contributed by atoms with E-state index in [1.165, 1.54) is 11.8 Å². The van der Waals surface area contributed by atoms with Crippen molar-refractivity contribution in [1.29, 1.82) is 0 Å². The van der Waals surface area contributed by atoms with Gasteiger partial charge in [0, 0.05) is 6.42 Å². The van der Waals surface area contributed by atoms with Gasteiger partial charge in [0.1, 0.15) is 11.6 Å². The van der Waals surface area contributed by atoms with E-state index in [-0.39, 0.29) is 11.7 Å². The van der Waals surface area contributed by atoms with Crippen LogP contribution in [0.5, 0.6) is 5.75 Å². The van der Waals surface area contributed by atoms with Crippen LogP contribution in [0.1, 0.15) is 18.3 Å². The number of thioether (sulfide) groups is 1. The van der Waals surface area contributed by atoms with Crippen LogP contribution >= 0.6 is 11.8 Å². The fraction of sp³-hybridized carbons (Fsp3) is 0.357. The number of hydrogen-bond donors (Lipinski definition) is 2. The summed E-state index contributed by atoms with van der Waals surface area (Å²) >= 11 is 1.30. The maximum Gasteiger partial charge on any atom is 0.234 e. The minimum Gasteiger partial charge on any atom is -0.495 e. The molecule has 2 N–H and O–H groups in total. The number of hydrogen-bond acceptors (Lipinski definition) is 5. The molecule has 112 valence electrons. The van der Waals surface area contributed by atoms with E-state index in [1.54, 1.807) is 7.11 Å². The van der Waals surface area contributed by atoms with Crippen LogP contribution in [0.3, 0.4) is 0 Å². The summed E-state index contributed by atoms with van der Waals surface area (Å²) in [6, 6.07) is 5.65. The molecule has 0 atom stereocenters. The molecule has 0 aliphatic heterocycles. The predicted molar refractivity (Wildman–Crippen MR) is 82.8 cm³/mol. The standard InChI is InChI=1S/C14H18N4O2S/c1-4-12-16-14(18-17-12)21-8-13(19)15-10-7-9(2)5-6-11(10)20-3/h5-7H,4,8H2,1-3H3,(H,15,19)(H,16,17,18). The van der Waals surface area contributed by atoms with Crippen LogP contribution in [-0.2, 0) is 11.2 Å². The molecular formula is C14H18N4O2S. The van der Waals surface area contributed by atoms with Crippen LogP contribution in [-0.4, -0.2) is 34.0 Å². The number of rotatable bonds is 6. The Hall–Kier alpha value is -2.02. The Morgan fingerprint density at radius 3 is 2.95 bits per heavy atom. The number of carbonyl (C=O) groups is 1. The molecule has 1 aromatic heterocycles. The topological polar surface area (TPSA) is 79.9 Å². The van der Waals surface area contributed by atoms with Gasteiger partial charge in [0.15, 0.2) is 0 Å². The molecule has 0 aliphatic carbocycles. The third-order valence-electron chi connectivity index (χ3n) is 2.81. The van der Waals surface area contributed by atoms with Crippen LogP contribution in [0.25, 0.3) is 0 Å². The lowest BCUT2D eigenvalue weighted by atomic mass is 10.2. The number of aromatic amines is 1. The van der Waals surface area contributed by atoms with Gasteiger partial charge in [0.25, 0.3) is 0 Å². The monoisotopic (exact) mass is 306 g/mol. The summed E-state index contributed by atoms with van der Waals surface area (Å²) in [5.41, 5.74) is 1.73. The highest BCUT2D eigenvalue weighted by Gasteiger charge is 2.10. The maximum atomic E-state index is 12.0. The Labute approximate surface area is 127 Å². The van der Waals surface area contributed by atoms with E-state index in [1.807, 2.05) is 32.0 Å². The average molecular weight is 306 g/mol. The number of nitrogens with zero attached hydrogens (tertiary/aromatic N) is 2. The third-order valence-corrected chi connectivity index (χ3v) is 3.65. The molecule has 2 aromatic rings. The van der Waals surface area contributed by atoms with Crippen LogP contribution in [0, 0.1) is 6.92 Å². The zero-order chi connectivity index (χ0) is 15.2. The van der Waals surface area contributed by atoms with Gasteiger partial charge in [0.05, 0.1) is 18.6 Å². The van der Waals surface area contributed by atoms with E-state index < -0.39 is 0 Å². The Kier molecular flexibility index (Phi) is 5.21. The summed E-state index contributed by atoms with van der Waals surface area (Å²) < 4.78 is 5.23. The van der Waals surface area contributed by atoms with Gasteiger partial charge < -0.3 is 10.1 Å². The SMILES string of the molecule is CCc1nc(SCC(=O)Nc2cc(C)ccc2OC)n[nH]1. The van der Waals surface area contributed by atoms with E-state index in [4.69, 9.17) is 4.74 Å². The molecule has 7 heteroatoms. The Morgan fingerprint density at radius 2 is 2.29 bits per heavy atom. The van der Waals surface area contributed by atoms with Crippen molar-refractivity contribution in [2.75, 3.05) is 18.2 Å². The Bertz CT molecular complexity index is 627. The van der Waals surface area contributed by atoms with Gasteiger partial charge in [-0.15, -0.1) is 5.10 Å². The van der Waals surface area contributed by atoms with Gasteiger partial charge in [-0.05, 0) is 24.6 Å². The number of nitrogens with one attached hydrogen (secondary N) is 2. The average Bonchev–Trinajstić information content (AvgIpc) is 2.93. The summed E-state index contributed by atoms with van der Waals surface area (Å²) in [6.07, 6.45) is 0.792. The zero-order valence-electron chi connectivity index (χ0n) is 12.3. The van der Waals surface area contributed by atoms with Gasteiger partial charge >= 0.3 is 0 Å². The van der Waals surface area contributed by atoms with Crippen molar-refractivity contribution in [3.05, 3.63) is 29.6 Å². The van der Waals surface area contributed by atoms with Crippen LogP contribution in [0.4, 0.5) is 5.69 Å². The smallest absolute Gasteiger partial charge is 0.234 e. The molecule has 2 rings (SSSR count). The first kappa shape index (κ1) is 15.4. The molecule has 21 heavy (non-hydrogen) atoms. The molecule has 0 fully saturated rings. The lowest BCUT2D eigenvalue weighted by molar-refractivity contribution is -0.113.